The van der Waals surface area contributed by atoms with E-state index in [1.807, 2.05) is 38.1 Å². The number of benzene rings is 1. The van der Waals surface area contributed by atoms with E-state index in [9.17, 15) is 0 Å². The average molecular weight is 231 g/mol. The molecule has 0 heterocycles. The molecular formula is C15H21NO. The van der Waals surface area contributed by atoms with E-state index in [0.29, 0.717) is 0 Å². The van der Waals surface area contributed by atoms with Crippen LogP contribution in [0.2, 0.25) is 0 Å². The fraction of sp³-hybridized carbons (Fsp3) is 0.467. The molecule has 1 unspecified atom stereocenters. The van der Waals surface area contributed by atoms with Gasteiger partial charge in [0, 0.05) is 5.56 Å². The molecule has 0 bridgehead atoms. The van der Waals surface area contributed by atoms with Crippen molar-refractivity contribution in [2.45, 2.75) is 45.8 Å². The molecule has 1 atom stereocenters. The molecule has 0 aliphatic rings. The summed E-state index contributed by atoms with van der Waals surface area (Å²) in [6, 6.07) is 7.78. The molecule has 17 heavy (non-hydrogen) atoms. The van der Waals surface area contributed by atoms with E-state index < -0.39 is 0 Å². The third-order valence-corrected chi connectivity index (χ3v) is 2.21. The topological polar surface area (TPSA) is 35.2 Å². The summed E-state index contributed by atoms with van der Waals surface area (Å²) >= 11 is 0. The zero-order valence-electron chi connectivity index (χ0n) is 10.9. The van der Waals surface area contributed by atoms with Crippen LogP contribution in [0.5, 0.6) is 5.75 Å². The number of hydrogen-bond donors (Lipinski definition) is 1. The van der Waals surface area contributed by atoms with Crippen molar-refractivity contribution in [1.82, 2.24) is 0 Å². The molecule has 0 aromatic heterocycles. The van der Waals surface area contributed by atoms with Crippen molar-refractivity contribution in [2.24, 2.45) is 5.73 Å². The summed E-state index contributed by atoms with van der Waals surface area (Å²) in [4.78, 5) is 0. The third-order valence-electron chi connectivity index (χ3n) is 2.21. The molecule has 0 amide bonds. The van der Waals surface area contributed by atoms with Gasteiger partial charge in [-0.25, -0.2) is 0 Å². The maximum absolute atomic E-state index is 5.85. The van der Waals surface area contributed by atoms with Crippen LogP contribution in [0.4, 0.5) is 0 Å². The largest absolute Gasteiger partial charge is 0.491 e. The van der Waals surface area contributed by atoms with Crippen LogP contribution in [0.3, 0.4) is 0 Å². The number of ether oxygens (including phenoxy) is 1. The molecule has 1 rings (SSSR count). The number of hydrogen-bond acceptors (Lipinski definition) is 2. The quantitative estimate of drug-likeness (QED) is 0.809. The maximum Gasteiger partial charge on any atom is 0.120 e. The first kappa shape index (κ1) is 13.6. The van der Waals surface area contributed by atoms with Crippen LogP contribution in [-0.4, -0.2) is 12.1 Å². The molecule has 2 nitrogen and oxygen atoms in total. The van der Waals surface area contributed by atoms with Gasteiger partial charge in [0.25, 0.3) is 0 Å². The first-order chi connectivity index (χ1) is 8.11. The second-order valence-electron chi connectivity index (χ2n) is 4.36. The zero-order valence-corrected chi connectivity index (χ0v) is 10.9. The molecule has 0 saturated carbocycles. The van der Waals surface area contributed by atoms with E-state index in [-0.39, 0.29) is 12.1 Å². The summed E-state index contributed by atoms with van der Waals surface area (Å²) in [5.41, 5.74) is 6.80. The molecule has 2 heteroatoms. The summed E-state index contributed by atoms with van der Waals surface area (Å²) in [5, 5.41) is 0. The number of nitrogens with two attached hydrogens (primary N) is 1. The van der Waals surface area contributed by atoms with Gasteiger partial charge in [0.2, 0.25) is 0 Å². The third kappa shape index (κ3) is 5.42. The standard InChI is InChI=1S/C15H21NO/c1-4-6-14(16)10-9-13-7-5-8-15(11-13)17-12(2)3/h5,7-8,11-12,14H,4,6,16H2,1-3H3. The Morgan fingerprint density at radius 2 is 2.12 bits per heavy atom. The van der Waals surface area contributed by atoms with E-state index in [2.05, 4.69) is 18.8 Å². The molecular weight excluding hydrogens is 210 g/mol. The Morgan fingerprint density at radius 3 is 2.76 bits per heavy atom. The van der Waals surface area contributed by atoms with E-state index in [4.69, 9.17) is 10.5 Å². The molecule has 0 aliphatic carbocycles. The van der Waals surface area contributed by atoms with Crippen molar-refractivity contribution in [1.29, 1.82) is 0 Å². The van der Waals surface area contributed by atoms with Gasteiger partial charge in [-0.2, -0.15) is 0 Å². The summed E-state index contributed by atoms with van der Waals surface area (Å²) in [6.07, 6.45) is 2.18. The highest BCUT2D eigenvalue weighted by Crippen LogP contribution is 2.14. The Balaban J connectivity index is 2.71. The minimum atomic E-state index is -0.0327. The summed E-state index contributed by atoms with van der Waals surface area (Å²) in [6.45, 7) is 6.13. The molecule has 92 valence electrons. The monoisotopic (exact) mass is 231 g/mol. The van der Waals surface area contributed by atoms with E-state index in [1.165, 1.54) is 0 Å². The lowest BCUT2D eigenvalue weighted by molar-refractivity contribution is 0.242. The molecule has 1 aromatic carbocycles. The maximum atomic E-state index is 5.85. The van der Waals surface area contributed by atoms with Gasteiger partial charge in [0.1, 0.15) is 5.75 Å². The highest BCUT2D eigenvalue weighted by Gasteiger charge is 1.98. The van der Waals surface area contributed by atoms with Crippen molar-refractivity contribution in [3.63, 3.8) is 0 Å². The highest BCUT2D eigenvalue weighted by molar-refractivity contribution is 5.40. The van der Waals surface area contributed by atoms with Crippen molar-refractivity contribution in [2.75, 3.05) is 0 Å². The Labute approximate surface area is 104 Å². The fourth-order valence-electron chi connectivity index (χ4n) is 1.48. The van der Waals surface area contributed by atoms with Crippen LogP contribution in [0.25, 0.3) is 0 Å². The van der Waals surface area contributed by atoms with Crippen LogP contribution in [-0.2, 0) is 0 Å². The average Bonchev–Trinajstić information content (AvgIpc) is 2.26. The van der Waals surface area contributed by atoms with Crippen LogP contribution in [0.1, 0.15) is 39.2 Å². The SMILES string of the molecule is CCCC(N)C#Cc1cccc(OC(C)C)c1. The van der Waals surface area contributed by atoms with Crippen LogP contribution < -0.4 is 10.5 Å². The van der Waals surface area contributed by atoms with Gasteiger partial charge in [-0.3, -0.25) is 0 Å². The van der Waals surface area contributed by atoms with Gasteiger partial charge in [-0.15, -0.1) is 0 Å². The van der Waals surface area contributed by atoms with Crippen molar-refractivity contribution >= 4 is 0 Å². The predicted molar refractivity (Wildman–Crippen MR) is 72.0 cm³/mol. The molecule has 0 spiro atoms. The summed E-state index contributed by atoms with van der Waals surface area (Å²) < 4.78 is 5.61. The Kier molecular flexibility index (Phi) is 5.59. The smallest absolute Gasteiger partial charge is 0.120 e. The second kappa shape index (κ2) is 6.98. The van der Waals surface area contributed by atoms with Gasteiger partial charge in [-0.1, -0.05) is 31.3 Å². The van der Waals surface area contributed by atoms with Gasteiger partial charge in [-0.05, 0) is 38.5 Å². The Morgan fingerprint density at radius 1 is 1.35 bits per heavy atom. The first-order valence-electron chi connectivity index (χ1n) is 6.15. The van der Waals surface area contributed by atoms with Crippen molar-refractivity contribution in [3.05, 3.63) is 29.8 Å². The van der Waals surface area contributed by atoms with Gasteiger partial charge < -0.3 is 10.5 Å². The van der Waals surface area contributed by atoms with Gasteiger partial charge >= 0.3 is 0 Å². The van der Waals surface area contributed by atoms with Crippen molar-refractivity contribution in [3.8, 4) is 17.6 Å². The lowest BCUT2D eigenvalue weighted by Crippen LogP contribution is -2.16. The minimum Gasteiger partial charge on any atom is -0.491 e. The van der Waals surface area contributed by atoms with Crippen LogP contribution >= 0.6 is 0 Å². The lowest BCUT2D eigenvalue weighted by atomic mass is 10.1. The molecule has 0 saturated heterocycles. The predicted octanol–water partition coefficient (Wildman–Crippen LogP) is 2.95. The number of rotatable bonds is 4. The first-order valence-corrected chi connectivity index (χ1v) is 6.15. The van der Waals surface area contributed by atoms with E-state index in [0.717, 1.165) is 24.2 Å². The second-order valence-corrected chi connectivity index (χ2v) is 4.36. The Bertz CT molecular complexity index is 401. The van der Waals surface area contributed by atoms with Crippen LogP contribution in [0.15, 0.2) is 24.3 Å². The molecule has 0 aliphatic heterocycles. The molecule has 0 radical (unpaired) electrons. The highest BCUT2D eigenvalue weighted by atomic mass is 16.5. The molecule has 1 aromatic rings. The fourth-order valence-corrected chi connectivity index (χ4v) is 1.48. The summed E-state index contributed by atoms with van der Waals surface area (Å²) in [7, 11) is 0. The van der Waals surface area contributed by atoms with Crippen LogP contribution in [0, 0.1) is 11.8 Å². The van der Waals surface area contributed by atoms with E-state index >= 15 is 0 Å². The zero-order chi connectivity index (χ0) is 12.7. The van der Waals surface area contributed by atoms with Crippen molar-refractivity contribution < 1.29 is 4.74 Å². The normalized spacial score (nSPS) is 11.8. The molecule has 0 fully saturated rings. The summed E-state index contributed by atoms with van der Waals surface area (Å²) in [5.74, 6) is 7.00. The lowest BCUT2D eigenvalue weighted by Gasteiger charge is -2.09. The minimum absolute atomic E-state index is 0.0327. The molecule has 2 N–H and O–H groups in total. The van der Waals surface area contributed by atoms with E-state index in [1.54, 1.807) is 0 Å². The Hall–Kier alpha value is -1.46. The van der Waals surface area contributed by atoms with Gasteiger partial charge in [0.05, 0.1) is 12.1 Å². The van der Waals surface area contributed by atoms with Gasteiger partial charge in [0.15, 0.2) is 0 Å².